The number of aryl methyl sites for hydroxylation is 1. The maximum absolute atomic E-state index is 14.0. The molecule has 2 atom stereocenters. The van der Waals surface area contributed by atoms with E-state index in [4.69, 9.17) is 4.74 Å². The lowest BCUT2D eigenvalue weighted by Gasteiger charge is -2.33. The highest BCUT2D eigenvalue weighted by molar-refractivity contribution is 7.92. The van der Waals surface area contributed by atoms with Gasteiger partial charge in [0.05, 0.1) is 17.2 Å². The standard InChI is InChI=1S/C31H38FN3O5S/c1-6-23(4)33-31(37)24(5)34(20-25-14-16-26(32)17-15-25)30(36)21-35(28-10-8-9-11-29(28)40-7-2)41(38,39)27-18-12-22(3)13-19-27/h8-19,23-24H,6-7,20-21H2,1-5H3,(H,33,37)/t23-,24-/m0/s1. The van der Waals surface area contributed by atoms with Gasteiger partial charge in [0.2, 0.25) is 11.8 Å². The summed E-state index contributed by atoms with van der Waals surface area (Å²) in [5, 5.41) is 2.89. The summed E-state index contributed by atoms with van der Waals surface area (Å²) in [5.74, 6) is -1.12. The van der Waals surface area contributed by atoms with Gasteiger partial charge >= 0.3 is 0 Å². The molecule has 0 saturated carbocycles. The number of carbonyl (C=O) groups excluding carboxylic acids is 2. The first-order valence-electron chi connectivity index (χ1n) is 13.6. The van der Waals surface area contributed by atoms with Crippen molar-refractivity contribution in [3.8, 4) is 5.75 Å². The van der Waals surface area contributed by atoms with Crippen molar-refractivity contribution in [2.75, 3.05) is 17.5 Å². The molecule has 8 nitrogen and oxygen atoms in total. The van der Waals surface area contributed by atoms with E-state index in [0.29, 0.717) is 17.7 Å². The molecular formula is C31H38FN3O5S. The zero-order valence-corrected chi connectivity index (χ0v) is 24.9. The Labute approximate surface area is 242 Å². The van der Waals surface area contributed by atoms with Gasteiger partial charge in [-0.05, 0) is 76.1 Å². The molecule has 0 fully saturated rings. The Kier molecular flexibility index (Phi) is 10.9. The Hall–Kier alpha value is -3.92. The Balaban J connectivity index is 2.07. The van der Waals surface area contributed by atoms with Crippen molar-refractivity contribution in [2.45, 2.75) is 64.6 Å². The molecule has 0 unspecified atom stereocenters. The van der Waals surface area contributed by atoms with Crippen molar-refractivity contribution in [1.82, 2.24) is 10.2 Å². The van der Waals surface area contributed by atoms with E-state index >= 15 is 0 Å². The maximum Gasteiger partial charge on any atom is 0.264 e. The Morgan fingerprint density at radius 2 is 1.59 bits per heavy atom. The number of para-hydroxylation sites is 2. The van der Waals surface area contributed by atoms with Crippen LogP contribution in [0.25, 0.3) is 0 Å². The molecule has 0 radical (unpaired) electrons. The third-order valence-corrected chi connectivity index (χ3v) is 8.53. The van der Waals surface area contributed by atoms with Crippen LogP contribution in [0.4, 0.5) is 10.1 Å². The smallest absolute Gasteiger partial charge is 0.264 e. The lowest BCUT2D eigenvalue weighted by Crippen LogP contribution is -2.52. The number of sulfonamides is 1. The Bertz CT molecular complexity index is 1430. The van der Waals surface area contributed by atoms with E-state index in [0.717, 1.165) is 9.87 Å². The molecule has 0 spiro atoms. The van der Waals surface area contributed by atoms with Gasteiger partial charge in [0.25, 0.3) is 10.0 Å². The molecule has 10 heteroatoms. The van der Waals surface area contributed by atoms with E-state index in [1.54, 1.807) is 50.2 Å². The van der Waals surface area contributed by atoms with E-state index < -0.39 is 34.3 Å². The Morgan fingerprint density at radius 3 is 2.20 bits per heavy atom. The third-order valence-electron chi connectivity index (χ3n) is 6.76. The van der Waals surface area contributed by atoms with Crippen molar-refractivity contribution in [2.24, 2.45) is 0 Å². The molecule has 2 amide bonds. The highest BCUT2D eigenvalue weighted by Gasteiger charge is 2.34. The van der Waals surface area contributed by atoms with Crippen molar-refractivity contribution in [3.05, 3.63) is 89.7 Å². The number of carbonyl (C=O) groups is 2. The molecule has 41 heavy (non-hydrogen) atoms. The molecule has 0 aliphatic heterocycles. The number of benzene rings is 3. The van der Waals surface area contributed by atoms with Crippen LogP contribution in [0.15, 0.2) is 77.7 Å². The number of amides is 2. The van der Waals surface area contributed by atoms with Gasteiger partial charge in [-0.3, -0.25) is 13.9 Å². The summed E-state index contributed by atoms with van der Waals surface area (Å²) >= 11 is 0. The summed E-state index contributed by atoms with van der Waals surface area (Å²) in [6.45, 7) is 8.67. The van der Waals surface area contributed by atoms with Gasteiger partial charge < -0.3 is 15.0 Å². The van der Waals surface area contributed by atoms with Crippen LogP contribution in [-0.2, 0) is 26.2 Å². The second-order valence-corrected chi connectivity index (χ2v) is 11.7. The summed E-state index contributed by atoms with van der Waals surface area (Å²) in [4.78, 5) is 28.5. The number of anilines is 1. The number of nitrogens with zero attached hydrogens (tertiary/aromatic N) is 2. The summed E-state index contributed by atoms with van der Waals surface area (Å²) in [5.41, 5.74) is 1.67. The van der Waals surface area contributed by atoms with Gasteiger partial charge in [0.15, 0.2) is 0 Å². The van der Waals surface area contributed by atoms with Crippen molar-refractivity contribution >= 4 is 27.5 Å². The number of halogens is 1. The molecular weight excluding hydrogens is 545 g/mol. The number of nitrogens with one attached hydrogen (secondary N) is 1. The molecule has 0 bridgehead atoms. The fourth-order valence-corrected chi connectivity index (χ4v) is 5.55. The minimum absolute atomic E-state index is 0.00912. The summed E-state index contributed by atoms with van der Waals surface area (Å²) in [7, 11) is -4.23. The van der Waals surface area contributed by atoms with E-state index in [2.05, 4.69) is 5.32 Å². The molecule has 0 heterocycles. The minimum Gasteiger partial charge on any atom is -0.492 e. The normalized spacial score (nSPS) is 12.7. The maximum atomic E-state index is 14.0. The fourth-order valence-electron chi connectivity index (χ4n) is 4.13. The van der Waals surface area contributed by atoms with Crippen LogP contribution in [0.1, 0.15) is 45.2 Å². The highest BCUT2D eigenvalue weighted by atomic mass is 32.2. The summed E-state index contributed by atoms with van der Waals surface area (Å²) < 4.78 is 48.4. The van der Waals surface area contributed by atoms with Gasteiger partial charge in [-0.1, -0.05) is 48.9 Å². The lowest BCUT2D eigenvalue weighted by atomic mass is 10.1. The molecule has 0 saturated heterocycles. The van der Waals surface area contributed by atoms with E-state index in [1.165, 1.54) is 41.3 Å². The molecule has 0 aliphatic carbocycles. The first kappa shape index (κ1) is 31.6. The fraction of sp³-hybridized carbons (Fsp3) is 0.355. The van der Waals surface area contributed by atoms with Crippen LogP contribution < -0.4 is 14.4 Å². The second-order valence-electron chi connectivity index (χ2n) is 9.87. The zero-order valence-electron chi connectivity index (χ0n) is 24.1. The van der Waals surface area contributed by atoms with Gasteiger partial charge in [-0.15, -0.1) is 0 Å². The molecule has 3 rings (SSSR count). The average Bonchev–Trinajstić information content (AvgIpc) is 2.95. The number of rotatable bonds is 13. The highest BCUT2D eigenvalue weighted by Crippen LogP contribution is 2.33. The largest absolute Gasteiger partial charge is 0.492 e. The second kappa shape index (κ2) is 14.1. The van der Waals surface area contributed by atoms with Crippen molar-refractivity contribution < 1.29 is 27.1 Å². The lowest BCUT2D eigenvalue weighted by molar-refractivity contribution is -0.139. The number of hydrogen-bond donors (Lipinski definition) is 1. The van der Waals surface area contributed by atoms with Crippen LogP contribution in [0, 0.1) is 12.7 Å². The predicted molar refractivity (Wildman–Crippen MR) is 158 cm³/mol. The molecule has 0 aromatic heterocycles. The van der Waals surface area contributed by atoms with Crippen molar-refractivity contribution in [3.63, 3.8) is 0 Å². The first-order chi connectivity index (χ1) is 19.5. The molecule has 3 aromatic rings. The molecule has 220 valence electrons. The summed E-state index contributed by atoms with van der Waals surface area (Å²) in [6.07, 6.45) is 0.696. The topological polar surface area (TPSA) is 96.0 Å². The molecule has 3 aromatic carbocycles. The minimum atomic E-state index is -4.23. The van der Waals surface area contributed by atoms with Crippen molar-refractivity contribution in [1.29, 1.82) is 0 Å². The monoisotopic (exact) mass is 583 g/mol. The summed E-state index contributed by atoms with van der Waals surface area (Å²) in [6, 6.07) is 17.5. The SMILES string of the molecule is CCOc1ccccc1N(CC(=O)N(Cc1ccc(F)cc1)[C@@H](C)C(=O)N[C@@H](C)CC)S(=O)(=O)c1ccc(C)cc1. The quantitative estimate of drug-likeness (QED) is 0.304. The van der Waals surface area contributed by atoms with E-state index in [-0.39, 0.29) is 35.7 Å². The van der Waals surface area contributed by atoms with Gasteiger partial charge in [0, 0.05) is 12.6 Å². The Morgan fingerprint density at radius 1 is 0.951 bits per heavy atom. The van der Waals surface area contributed by atoms with E-state index in [9.17, 15) is 22.4 Å². The number of hydrogen-bond acceptors (Lipinski definition) is 5. The molecule has 0 aliphatic rings. The van der Waals surface area contributed by atoms with Crippen LogP contribution >= 0.6 is 0 Å². The number of ether oxygens (including phenoxy) is 1. The van der Waals surface area contributed by atoms with Crippen LogP contribution in [0.2, 0.25) is 0 Å². The van der Waals surface area contributed by atoms with E-state index in [1.807, 2.05) is 20.8 Å². The zero-order chi connectivity index (χ0) is 30.2. The average molecular weight is 584 g/mol. The van der Waals surface area contributed by atoms with Gasteiger partial charge in [-0.25, -0.2) is 12.8 Å². The first-order valence-corrected chi connectivity index (χ1v) is 15.1. The van der Waals surface area contributed by atoms with Gasteiger partial charge in [0.1, 0.15) is 24.2 Å². The van der Waals surface area contributed by atoms with Gasteiger partial charge in [-0.2, -0.15) is 0 Å². The molecule has 1 N–H and O–H groups in total. The van der Waals surface area contributed by atoms with Crippen LogP contribution in [0.5, 0.6) is 5.75 Å². The predicted octanol–water partition coefficient (Wildman–Crippen LogP) is 5.06. The van der Waals surface area contributed by atoms with Crippen LogP contribution in [-0.4, -0.2) is 50.4 Å². The van der Waals surface area contributed by atoms with Crippen LogP contribution in [0.3, 0.4) is 0 Å². The third kappa shape index (κ3) is 8.07.